The predicted molar refractivity (Wildman–Crippen MR) is 146 cm³/mol. The van der Waals surface area contributed by atoms with Crippen LogP contribution in [0.3, 0.4) is 0 Å². The SMILES string of the molecule is CCCCCCCCCC(CCC)=C(CCC)C(=O)OC(F)(F)C(F)(F)C(F)(F)C(F)(F)C(F)(F)C(F)(F)C(F)(F)C(F)(F)C(F)(F)C(F)(F)C(F)(F)C(F)(F)F. The van der Waals surface area contributed by atoms with Crippen molar-refractivity contribution >= 4 is 5.97 Å². The van der Waals surface area contributed by atoms with Crippen LogP contribution >= 0.6 is 0 Å². The number of carbonyl (C=O) groups excluding carboxylic acids is 1. The van der Waals surface area contributed by atoms with Crippen LogP contribution in [0.2, 0.25) is 0 Å². The Hall–Kier alpha value is -2.54. The molecular formula is C30H33F25O2. The van der Waals surface area contributed by atoms with Gasteiger partial charge in [-0.25, -0.2) is 4.79 Å². The summed E-state index contributed by atoms with van der Waals surface area (Å²) in [7, 11) is 0. The molecule has 0 fully saturated rings. The van der Waals surface area contributed by atoms with Crippen molar-refractivity contribution in [3.63, 3.8) is 0 Å². The van der Waals surface area contributed by atoms with Gasteiger partial charge in [0.1, 0.15) is 0 Å². The summed E-state index contributed by atoms with van der Waals surface area (Å²) < 4.78 is 347. The number of esters is 1. The summed E-state index contributed by atoms with van der Waals surface area (Å²) in [6.45, 7) is 4.51. The minimum absolute atomic E-state index is 0.0600. The first-order valence-electron chi connectivity index (χ1n) is 16.3. The highest BCUT2D eigenvalue weighted by Crippen LogP contribution is 2.67. The molecular weight excluding hydrogens is 867 g/mol. The van der Waals surface area contributed by atoms with Crippen LogP contribution in [0.5, 0.6) is 0 Å². The van der Waals surface area contributed by atoms with E-state index in [9.17, 15) is 115 Å². The molecule has 0 rings (SSSR count). The van der Waals surface area contributed by atoms with Crippen molar-refractivity contribution in [2.75, 3.05) is 0 Å². The zero-order chi connectivity index (χ0) is 45.9. The average Bonchev–Trinajstić information content (AvgIpc) is 3.04. The van der Waals surface area contributed by atoms with Gasteiger partial charge in [-0.2, -0.15) is 110 Å². The summed E-state index contributed by atoms with van der Waals surface area (Å²) in [5.41, 5.74) is -1.16. The third-order valence-electron chi connectivity index (χ3n) is 8.30. The van der Waals surface area contributed by atoms with E-state index in [-0.39, 0.29) is 37.7 Å². The fraction of sp³-hybridized carbons (Fsp3) is 0.900. The lowest BCUT2D eigenvalue weighted by Gasteiger charge is -2.45. The number of allylic oxidation sites excluding steroid dienone is 1. The van der Waals surface area contributed by atoms with Crippen LogP contribution in [0.1, 0.15) is 97.8 Å². The van der Waals surface area contributed by atoms with Crippen molar-refractivity contribution in [1.29, 1.82) is 0 Å². The molecule has 340 valence electrons. The topological polar surface area (TPSA) is 26.3 Å². The monoisotopic (exact) mass is 900 g/mol. The molecule has 0 aliphatic heterocycles. The van der Waals surface area contributed by atoms with Crippen LogP contribution < -0.4 is 0 Å². The maximum atomic E-state index is 14.5. The summed E-state index contributed by atoms with van der Waals surface area (Å²) in [5, 5.41) is 0. The molecule has 0 aromatic rings. The van der Waals surface area contributed by atoms with Crippen LogP contribution in [0.25, 0.3) is 0 Å². The summed E-state index contributed by atoms with van der Waals surface area (Å²) in [5.74, 6) is -95.5. The number of rotatable bonds is 24. The van der Waals surface area contributed by atoms with Crippen molar-refractivity contribution in [3.8, 4) is 0 Å². The third kappa shape index (κ3) is 9.14. The number of halogens is 25. The number of carbonyl (C=O) groups is 1. The van der Waals surface area contributed by atoms with Crippen LogP contribution in [-0.4, -0.2) is 77.5 Å². The fourth-order valence-electron chi connectivity index (χ4n) is 4.88. The molecule has 57 heavy (non-hydrogen) atoms. The normalized spacial score (nSPS) is 15.9. The van der Waals surface area contributed by atoms with Crippen molar-refractivity contribution < 1.29 is 119 Å². The van der Waals surface area contributed by atoms with Crippen LogP contribution in [0, 0.1) is 0 Å². The first-order valence-corrected chi connectivity index (χ1v) is 16.3. The van der Waals surface area contributed by atoms with Gasteiger partial charge in [-0.1, -0.05) is 77.7 Å². The number of alkyl halides is 25. The van der Waals surface area contributed by atoms with E-state index < -0.39 is 89.5 Å². The average molecular weight is 901 g/mol. The molecule has 0 bridgehead atoms. The van der Waals surface area contributed by atoms with E-state index in [0.717, 1.165) is 19.3 Å². The first-order chi connectivity index (χ1) is 25.1. The summed E-state index contributed by atoms with van der Waals surface area (Å²) in [6.07, 6.45) is -12.8. The van der Waals surface area contributed by atoms with Crippen molar-refractivity contribution in [1.82, 2.24) is 0 Å². The molecule has 0 atom stereocenters. The highest BCUT2D eigenvalue weighted by Gasteiger charge is 3.00. The maximum Gasteiger partial charge on any atom is 0.473 e. The molecule has 0 spiro atoms. The second-order valence-electron chi connectivity index (χ2n) is 12.6. The van der Waals surface area contributed by atoms with Crippen molar-refractivity contribution in [2.24, 2.45) is 0 Å². The molecule has 27 heteroatoms. The maximum absolute atomic E-state index is 14.5. The lowest BCUT2D eigenvalue weighted by molar-refractivity contribution is -0.487. The Morgan fingerprint density at radius 3 is 0.965 bits per heavy atom. The molecule has 0 unspecified atom stereocenters. The summed E-state index contributed by atoms with van der Waals surface area (Å²) in [6, 6.07) is 0. The van der Waals surface area contributed by atoms with Gasteiger partial charge in [0, 0.05) is 5.57 Å². The Balaban J connectivity index is 7.11. The smallest absolute Gasteiger partial charge is 0.393 e. The third-order valence-corrected chi connectivity index (χ3v) is 8.30. The van der Waals surface area contributed by atoms with Gasteiger partial charge in [-0.3, -0.25) is 0 Å². The molecule has 0 aliphatic rings. The van der Waals surface area contributed by atoms with E-state index in [0.29, 0.717) is 19.3 Å². The highest BCUT2D eigenvalue weighted by molar-refractivity contribution is 5.89. The van der Waals surface area contributed by atoms with E-state index in [1.165, 1.54) is 13.8 Å². The molecule has 0 N–H and O–H groups in total. The minimum Gasteiger partial charge on any atom is -0.393 e. The minimum atomic E-state index is -9.67. The van der Waals surface area contributed by atoms with Crippen LogP contribution in [-0.2, 0) is 9.53 Å². The predicted octanol–water partition coefficient (Wildman–Crippen LogP) is 14.1. The highest BCUT2D eigenvalue weighted by atomic mass is 19.4. The van der Waals surface area contributed by atoms with Gasteiger partial charge < -0.3 is 4.74 Å². The Morgan fingerprint density at radius 1 is 0.351 bits per heavy atom. The van der Waals surface area contributed by atoms with E-state index in [4.69, 9.17) is 0 Å². The standard InChI is InChI=1S/C30H33F25O2/c1-4-7-8-9-10-11-12-15-16(13-5-2)17(14-6-3)18(56)57-30(54,55)28(49,50)26(45,46)24(41,42)22(37,38)20(33,34)19(31,32)21(35,36)23(39,40)25(43,44)27(47,48)29(51,52)53/h4-15H2,1-3H3. The van der Waals surface area contributed by atoms with Gasteiger partial charge in [-0.05, 0) is 25.7 Å². The number of ether oxygens (including phenoxy) is 1. The molecule has 0 saturated carbocycles. The first kappa shape index (κ1) is 54.5. The number of hydrogen-bond donors (Lipinski definition) is 0. The Bertz CT molecular complexity index is 1360. The Labute approximate surface area is 306 Å². The molecule has 0 aromatic heterocycles. The van der Waals surface area contributed by atoms with E-state index in [1.807, 2.05) is 6.92 Å². The molecule has 0 amide bonds. The summed E-state index contributed by atoms with van der Waals surface area (Å²) in [4.78, 5) is 12.6. The fourth-order valence-corrected chi connectivity index (χ4v) is 4.88. The van der Waals surface area contributed by atoms with Gasteiger partial charge in [-0.15, -0.1) is 0 Å². The Kier molecular flexibility index (Phi) is 16.8. The molecule has 0 heterocycles. The lowest BCUT2D eigenvalue weighted by Crippen LogP contribution is -2.78. The number of hydrogen-bond acceptors (Lipinski definition) is 2. The summed E-state index contributed by atoms with van der Waals surface area (Å²) >= 11 is 0. The Morgan fingerprint density at radius 2 is 0.649 bits per heavy atom. The zero-order valence-corrected chi connectivity index (χ0v) is 29.3. The van der Waals surface area contributed by atoms with Gasteiger partial charge >= 0.3 is 77.5 Å². The largest absolute Gasteiger partial charge is 0.473 e. The number of unbranched alkanes of at least 4 members (excludes halogenated alkanes) is 6. The van der Waals surface area contributed by atoms with Crippen molar-refractivity contribution in [2.45, 2.75) is 169 Å². The zero-order valence-electron chi connectivity index (χ0n) is 29.3. The quantitative estimate of drug-likeness (QED) is 0.0418. The van der Waals surface area contributed by atoms with Gasteiger partial charge in [0.2, 0.25) is 0 Å². The van der Waals surface area contributed by atoms with Crippen molar-refractivity contribution in [3.05, 3.63) is 11.1 Å². The molecule has 0 saturated heterocycles. The van der Waals surface area contributed by atoms with E-state index in [2.05, 4.69) is 4.74 Å². The molecule has 0 aromatic carbocycles. The molecule has 0 aliphatic carbocycles. The lowest BCUT2D eigenvalue weighted by atomic mass is 9.85. The second kappa shape index (κ2) is 17.6. The second-order valence-corrected chi connectivity index (χ2v) is 12.6. The van der Waals surface area contributed by atoms with E-state index >= 15 is 0 Å². The van der Waals surface area contributed by atoms with Crippen LogP contribution in [0.15, 0.2) is 11.1 Å². The van der Waals surface area contributed by atoms with Gasteiger partial charge in [0.15, 0.2) is 0 Å². The van der Waals surface area contributed by atoms with Gasteiger partial charge in [0.05, 0.1) is 0 Å². The van der Waals surface area contributed by atoms with Gasteiger partial charge in [0.25, 0.3) is 0 Å². The van der Waals surface area contributed by atoms with Crippen LogP contribution in [0.4, 0.5) is 110 Å². The van der Waals surface area contributed by atoms with E-state index in [1.54, 1.807) is 0 Å². The molecule has 2 nitrogen and oxygen atoms in total. The molecule has 0 radical (unpaired) electrons.